The van der Waals surface area contributed by atoms with Crippen molar-refractivity contribution in [1.82, 2.24) is 15.3 Å². The molecule has 2 N–H and O–H groups in total. The fourth-order valence-corrected chi connectivity index (χ4v) is 1.17. The van der Waals surface area contributed by atoms with E-state index in [0.29, 0.717) is 17.0 Å². The molecule has 1 heterocycles. The molecule has 1 amide bonds. The maximum atomic E-state index is 11.1. The molecule has 1 aromatic heterocycles. The van der Waals surface area contributed by atoms with Crippen LogP contribution in [0.4, 0.5) is 5.82 Å². The summed E-state index contributed by atoms with van der Waals surface area (Å²) in [5, 5.41) is 5.55. The maximum absolute atomic E-state index is 11.1. The maximum Gasteiger partial charge on any atom is 0.239 e. The molecule has 0 aliphatic heterocycles. The molecule has 0 spiro atoms. The van der Waals surface area contributed by atoms with E-state index in [1.807, 2.05) is 6.92 Å². The van der Waals surface area contributed by atoms with E-state index >= 15 is 0 Å². The van der Waals surface area contributed by atoms with E-state index in [1.54, 1.807) is 6.07 Å². The van der Waals surface area contributed by atoms with Crippen LogP contribution in [0.3, 0.4) is 0 Å². The average Bonchev–Trinajstić information content (AvgIpc) is 2.15. The summed E-state index contributed by atoms with van der Waals surface area (Å²) in [6.07, 6.45) is 1.42. The van der Waals surface area contributed by atoms with Crippen LogP contribution >= 0.6 is 15.9 Å². The van der Waals surface area contributed by atoms with E-state index in [2.05, 4.69) is 36.5 Å². The van der Waals surface area contributed by atoms with Crippen molar-refractivity contribution < 1.29 is 4.79 Å². The monoisotopic (exact) mass is 258 g/mol. The Bertz CT molecular complexity index is 318. The summed E-state index contributed by atoms with van der Waals surface area (Å²) in [5.41, 5.74) is 0. The minimum Gasteiger partial charge on any atom is -0.361 e. The molecule has 0 aromatic carbocycles. The molecule has 0 saturated heterocycles. The Hall–Kier alpha value is -1.17. The Morgan fingerprint density at radius 2 is 2.36 bits per heavy atom. The largest absolute Gasteiger partial charge is 0.361 e. The zero-order valence-electron chi connectivity index (χ0n) is 7.75. The number of amides is 1. The smallest absolute Gasteiger partial charge is 0.239 e. The molecule has 1 rings (SSSR count). The van der Waals surface area contributed by atoms with Crippen LogP contribution in [0.15, 0.2) is 17.0 Å². The van der Waals surface area contributed by atoms with Gasteiger partial charge in [0.1, 0.15) is 16.7 Å². The molecule has 14 heavy (non-hydrogen) atoms. The van der Waals surface area contributed by atoms with E-state index in [-0.39, 0.29) is 12.5 Å². The van der Waals surface area contributed by atoms with Gasteiger partial charge in [0.05, 0.1) is 6.54 Å². The van der Waals surface area contributed by atoms with Gasteiger partial charge in [-0.1, -0.05) is 0 Å². The van der Waals surface area contributed by atoms with Crippen molar-refractivity contribution in [3.63, 3.8) is 0 Å². The zero-order valence-corrected chi connectivity index (χ0v) is 9.34. The van der Waals surface area contributed by atoms with Gasteiger partial charge in [0.25, 0.3) is 0 Å². The second-order valence-electron chi connectivity index (χ2n) is 2.53. The van der Waals surface area contributed by atoms with E-state index < -0.39 is 0 Å². The number of aromatic nitrogens is 2. The van der Waals surface area contributed by atoms with E-state index in [1.165, 1.54) is 6.33 Å². The molecule has 0 aliphatic carbocycles. The first kappa shape index (κ1) is 10.9. The first-order chi connectivity index (χ1) is 6.72. The topological polar surface area (TPSA) is 66.9 Å². The Balaban J connectivity index is 2.41. The van der Waals surface area contributed by atoms with Gasteiger partial charge in [-0.15, -0.1) is 0 Å². The van der Waals surface area contributed by atoms with E-state index in [0.717, 1.165) is 0 Å². The predicted octanol–water partition coefficient (Wildman–Crippen LogP) is 0.787. The number of anilines is 1. The van der Waals surface area contributed by atoms with Crippen LogP contribution in [0.5, 0.6) is 0 Å². The molecule has 0 radical (unpaired) electrons. The number of halogens is 1. The Kier molecular flexibility index (Phi) is 4.31. The summed E-state index contributed by atoms with van der Waals surface area (Å²) in [7, 11) is 0. The van der Waals surface area contributed by atoms with Crippen molar-refractivity contribution in [3.8, 4) is 0 Å². The lowest BCUT2D eigenvalue weighted by Crippen LogP contribution is -2.29. The lowest BCUT2D eigenvalue weighted by Gasteiger charge is -2.04. The van der Waals surface area contributed by atoms with Crippen molar-refractivity contribution >= 4 is 27.7 Å². The number of hydrogen-bond acceptors (Lipinski definition) is 4. The van der Waals surface area contributed by atoms with Crippen LogP contribution in [0.2, 0.25) is 0 Å². The molecular weight excluding hydrogens is 248 g/mol. The van der Waals surface area contributed by atoms with Crippen LogP contribution in [0.25, 0.3) is 0 Å². The van der Waals surface area contributed by atoms with Gasteiger partial charge in [0, 0.05) is 12.6 Å². The normalized spacial score (nSPS) is 9.57. The van der Waals surface area contributed by atoms with Crippen LogP contribution in [-0.2, 0) is 4.79 Å². The molecule has 0 unspecified atom stereocenters. The Morgan fingerprint density at radius 3 is 3.00 bits per heavy atom. The third-order valence-corrected chi connectivity index (χ3v) is 1.87. The zero-order chi connectivity index (χ0) is 10.4. The van der Waals surface area contributed by atoms with Crippen molar-refractivity contribution in [2.24, 2.45) is 0 Å². The number of carbonyl (C=O) groups excluding carboxylic acids is 1. The van der Waals surface area contributed by atoms with Gasteiger partial charge < -0.3 is 10.6 Å². The van der Waals surface area contributed by atoms with Crippen LogP contribution in [-0.4, -0.2) is 29.0 Å². The molecule has 1 aromatic rings. The van der Waals surface area contributed by atoms with Crippen molar-refractivity contribution in [3.05, 3.63) is 17.0 Å². The van der Waals surface area contributed by atoms with Crippen LogP contribution < -0.4 is 10.6 Å². The molecule has 6 heteroatoms. The van der Waals surface area contributed by atoms with Gasteiger partial charge in [-0.3, -0.25) is 4.79 Å². The number of nitrogens with zero attached hydrogens (tertiary/aromatic N) is 2. The van der Waals surface area contributed by atoms with Gasteiger partial charge in [-0.2, -0.15) is 0 Å². The minimum absolute atomic E-state index is 0.0535. The van der Waals surface area contributed by atoms with Crippen molar-refractivity contribution in [2.45, 2.75) is 6.92 Å². The van der Waals surface area contributed by atoms with E-state index in [9.17, 15) is 4.79 Å². The first-order valence-electron chi connectivity index (χ1n) is 4.20. The van der Waals surface area contributed by atoms with Gasteiger partial charge in [0.2, 0.25) is 5.91 Å². The molecule has 5 nitrogen and oxygen atoms in total. The third-order valence-electron chi connectivity index (χ3n) is 1.44. The standard InChI is InChI=1S/C8H11BrN4O/c1-2-10-8(14)4-11-7-3-6(9)12-5-13-7/h3,5H,2,4H2,1H3,(H,10,14)(H,11,12,13). The highest BCUT2D eigenvalue weighted by atomic mass is 79.9. The Labute approximate surface area is 90.5 Å². The molecule has 0 fully saturated rings. The number of nitrogens with one attached hydrogen (secondary N) is 2. The SMILES string of the molecule is CCNC(=O)CNc1cc(Br)ncn1. The molecular formula is C8H11BrN4O. The summed E-state index contributed by atoms with van der Waals surface area (Å²) in [6.45, 7) is 2.73. The highest BCUT2D eigenvalue weighted by Gasteiger charge is 2.00. The lowest BCUT2D eigenvalue weighted by atomic mass is 10.5. The fourth-order valence-electron chi connectivity index (χ4n) is 0.861. The number of hydrogen-bond donors (Lipinski definition) is 2. The third kappa shape index (κ3) is 3.69. The number of likely N-dealkylation sites (N-methyl/N-ethyl adjacent to an activating group) is 1. The lowest BCUT2D eigenvalue weighted by molar-refractivity contribution is -0.119. The van der Waals surface area contributed by atoms with Gasteiger partial charge in [0.15, 0.2) is 0 Å². The van der Waals surface area contributed by atoms with Crippen molar-refractivity contribution in [1.29, 1.82) is 0 Å². The molecule has 0 bridgehead atoms. The highest BCUT2D eigenvalue weighted by Crippen LogP contribution is 2.08. The number of rotatable bonds is 4. The highest BCUT2D eigenvalue weighted by molar-refractivity contribution is 9.10. The summed E-state index contributed by atoms with van der Waals surface area (Å²) in [4.78, 5) is 18.9. The second-order valence-corrected chi connectivity index (χ2v) is 3.35. The van der Waals surface area contributed by atoms with Crippen LogP contribution in [0, 0.1) is 0 Å². The molecule has 0 saturated carbocycles. The molecule has 0 atom stereocenters. The summed E-state index contributed by atoms with van der Waals surface area (Å²) in [6, 6.07) is 1.71. The minimum atomic E-state index is -0.0535. The van der Waals surface area contributed by atoms with Gasteiger partial charge in [-0.25, -0.2) is 9.97 Å². The van der Waals surface area contributed by atoms with Gasteiger partial charge in [-0.05, 0) is 22.9 Å². The molecule has 0 aliphatic rings. The molecule has 76 valence electrons. The van der Waals surface area contributed by atoms with E-state index in [4.69, 9.17) is 0 Å². The first-order valence-corrected chi connectivity index (χ1v) is 4.99. The number of carbonyl (C=O) groups is 1. The quantitative estimate of drug-likeness (QED) is 0.784. The predicted molar refractivity (Wildman–Crippen MR) is 56.9 cm³/mol. The van der Waals surface area contributed by atoms with Crippen LogP contribution in [0.1, 0.15) is 6.92 Å². The summed E-state index contributed by atoms with van der Waals surface area (Å²) >= 11 is 3.21. The van der Waals surface area contributed by atoms with Crippen molar-refractivity contribution in [2.75, 3.05) is 18.4 Å². The van der Waals surface area contributed by atoms with Gasteiger partial charge >= 0.3 is 0 Å². The second kappa shape index (κ2) is 5.54. The average molecular weight is 259 g/mol. The summed E-state index contributed by atoms with van der Waals surface area (Å²) < 4.78 is 0.686. The summed E-state index contributed by atoms with van der Waals surface area (Å²) in [5.74, 6) is 0.570. The Morgan fingerprint density at radius 1 is 1.57 bits per heavy atom. The fraction of sp³-hybridized carbons (Fsp3) is 0.375.